The van der Waals surface area contributed by atoms with Gasteiger partial charge in [0, 0.05) is 6.42 Å². The fourth-order valence-corrected chi connectivity index (χ4v) is 4.60. The van der Waals surface area contributed by atoms with Crippen molar-refractivity contribution < 1.29 is 25.2 Å². The largest absolute Gasteiger partial charge is 0.477 e. The van der Waals surface area contributed by atoms with Gasteiger partial charge in [0.1, 0.15) is 18.0 Å². The van der Waals surface area contributed by atoms with Gasteiger partial charge in [0.05, 0.1) is 18.0 Å². The summed E-state index contributed by atoms with van der Waals surface area (Å²) in [5.74, 6) is 0.627. The molecular weight excluding hydrogens is 376 g/mol. The van der Waals surface area contributed by atoms with Gasteiger partial charge in [0.15, 0.2) is 5.44 Å². The van der Waals surface area contributed by atoms with E-state index >= 15 is 0 Å². The fourth-order valence-electron chi connectivity index (χ4n) is 3.36. The highest BCUT2D eigenvalue weighted by Crippen LogP contribution is 2.35. The number of benzene rings is 2. The maximum Gasteiger partial charge on any atom is 0.173 e. The molecule has 0 aromatic heterocycles. The van der Waals surface area contributed by atoms with Crippen molar-refractivity contribution in [3.05, 3.63) is 64.7 Å². The van der Waals surface area contributed by atoms with E-state index in [9.17, 15) is 20.4 Å². The summed E-state index contributed by atoms with van der Waals surface area (Å²) in [6.07, 6.45) is -2.13. The minimum atomic E-state index is -1.36. The molecule has 5 nitrogen and oxygen atoms in total. The first-order chi connectivity index (χ1) is 13.4. The van der Waals surface area contributed by atoms with Crippen molar-refractivity contribution in [2.24, 2.45) is 0 Å². The van der Waals surface area contributed by atoms with Crippen LogP contribution < -0.4 is 4.74 Å². The van der Waals surface area contributed by atoms with Gasteiger partial charge >= 0.3 is 0 Å². The monoisotopic (exact) mass is 404 g/mol. The lowest BCUT2D eigenvalue weighted by atomic mass is 10.0. The van der Waals surface area contributed by atoms with Crippen LogP contribution in [0.3, 0.4) is 0 Å². The van der Waals surface area contributed by atoms with E-state index in [-0.39, 0.29) is 6.61 Å². The molecule has 6 heteroatoms. The van der Waals surface area contributed by atoms with E-state index in [1.54, 1.807) is 0 Å². The van der Waals surface area contributed by atoms with Crippen LogP contribution in [0, 0.1) is 6.92 Å². The first-order valence-corrected chi connectivity index (χ1v) is 10.5. The minimum Gasteiger partial charge on any atom is -0.477 e. The summed E-state index contributed by atoms with van der Waals surface area (Å²) in [7, 11) is 0. The molecule has 2 aromatic carbocycles. The smallest absolute Gasteiger partial charge is 0.173 e. The predicted octanol–water partition coefficient (Wildman–Crippen LogP) is 2.04. The maximum absolute atomic E-state index is 10.3. The second kappa shape index (κ2) is 9.29. The van der Waals surface area contributed by atoms with Gasteiger partial charge in [-0.1, -0.05) is 48.9 Å². The van der Waals surface area contributed by atoms with Crippen LogP contribution in [-0.2, 0) is 12.8 Å². The molecule has 0 aliphatic carbocycles. The Hall–Kier alpha value is -1.57. The SMILES string of the molecule is CCc1ccc(Cc2cc(C)ccc2O[C@@H]2S[C@H](CO)[C@@H](O)[C@H](O)[C@H]2O)cc1. The van der Waals surface area contributed by atoms with Crippen molar-refractivity contribution >= 4 is 11.8 Å². The van der Waals surface area contributed by atoms with Crippen LogP contribution in [0.5, 0.6) is 5.75 Å². The molecule has 0 bridgehead atoms. The summed E-state index contributed by atoms with van der Waals surface area (Å²) in [6.45, 7) is 3.83. The van der Waals surface area contributed by atoms with Gasteiger partial charge in [-0.05, 0) is 36.1 Å². The summed E-state index contributed by atoms with van der Waals surface area (Å²) < 4.78 is 6.05. The van der Waals surface area contributed by atoms with E-state index in [0.717, 1.165) is 34.9 Å². The lowest BCUT2D eigenvalue weighted by Crippen LogP contribution is -2.55. The molecule has 0 radical (unpaired) electrons. The van der Waals surface area contributed by atoms with Crippen molar-refractivity contribution in [1.82, 2.24) is 0 Å². The highest BCUT2D eigenvalue weighted by atomic mass is 32.2. The van der Waals surface area contributed by atoms with Crippen LogP contribution in [0.15, 0.2) is 42.5 Å². The van der Waals surface area contributed by atoms with Crippen molar-refractivity contribution in [3.8, 4) is 5.75 Å². The van der Waals surface area contributed by atoms with Gasteiger partial charge in [0.25, 0.3) is 0 Å². The first-order valence-electron chi connectivity index (χ1n) is 9.57. The normalized spacial score (nSPS) is 27.6. The standard InChI is InChI=1S/C22H28O5S/c1-3-14-5-7-15(8-6-14)11-16-10-13(2)4-9-17(16)27-22-21(26)20(25)19(24)18(12-23)28-22/h4-10,18-26H,3,11-12H2,1-2H3/t18-,19-,20+,21-,22-/m1/s1. The Bertz CT molecular complexity index is 777. The molecule has 1 heterocycles. The topological polar surface area (TPSA) is 90.2 Å². The molecule has 0 spiro atoms. The number of aliphatic hydroxyl groups is 4. The Kier molecular flexibility index (Phi) is 7.01. The van der Waals surface area contributed by atoms with Gasteiger partial charge in [0.2, 0.25) is 0 Å². The van der Waals surface area contributed by atoms with Crippen molar-refractivity contribution in [3.63, 3.8) is 0 Å². The molecule has 1 aliphatic heterocycles. The highest BCUT2D eigenvalue weighted by molar-refractivity contribution is 8.00. The molecule has 5 atom stereocenters. The minimum absolute atomic E-state index is 0.306. The summed E-state index contributed by atoms with van der Waals surface area (Å²) in [5, 5.41) is 39.2. The average Bonchev–Trinajstić information content (AvgIpc) is 2.70. The molecule has 2 aromatic rings. The Balaban J connectivity index is 1.81. The Morgan fingerprint density at radius 1 is 0.929 bits per heavy atom. The van der Waals surface area contributed by atoms with Crippen molar-refractivity contribution in [1.29, 1.82) is 0 Å². The number of hydrogen-bond acceptors (Lipinski definition) is 6. The van der Waals surface area contributed by atoms with Crippen LogP contribution in [0.1, 0.15) is 29.2 Å². The van der Waals surface area contributed by atoms with Crippen LogP contribution in [0.25, 0.3) is 0 Å². The summed E-state index contributed by atoms with van der Waals surface area (Å²) >= 11 is 1.14. The second-order valence-corrected chi connectivity index (χ2v) is 8.62. The second-order valence-electron chi connectivity index (χ2n) is 7.27. The van der Waals surface area contributed by atoms with Crippen molar-refractivity contribution in [2.75, 3.05) is 6.61 Å². The van der Waals surface area contributed by atoms with Crippen LogP contribution in [0.2, 0.25) is 0 Å². The lowest BCUT2D eigenvalue weighted by molar-refractivity contribution is -0.0910. The third-order valence-electron chi connectivity index (χ3n) is 5.13. The third-order valence-corrected chi connectivity index (χ3v) is 6.55. The zero-order valence-electron chi connectivity index (χ0n) is 16.2. The van der Waals surface area contributed by atoms with Crippen LogP contribution in [-0.4, -0.2) is 56.0 Å². The highest BCUT2D eigenvalue weighted by Gasteiger charge is 2.44. The number of ether oxygens (including phenoxy) is 1. The number of rotatable bonds is 6. The molecule has 0 saturated carbocycles. The summed E-state index contributed by atoms with van der Waals surface area (Å²) in [6, 6.07) is 14.3. The zero-order valence-corrected chi connectivity index (χ0v) is 17.0. The first kappa shape index (κ1) is 21.1. The van der Waals surface area contributed by atoms with E-state index in [1.165, 1.54) is 5.56 Å². The predicted molar refractivity (Wildman–Crippen MR) is 111 cm³/mol. The van der Waals surface area contributed by atoms with E-state index in [2.05, 4.69) is 37.3 Å². The molecule has 3 rings (SSSR count). The summed E-state index contributed by atoms with van der Waals surface area (Å²) in [4.78, 5) is 0. The molecule has 28 heavy (non-hydrogen) atoms. The van der Waals surface area contributed by atoms with Gasteiger partial charge in [-0.25, -0.2) is 0 Å². The van der Waals surface area contributed by atoms with E-state index in [0.29, 0.717) is 12.2 Å². The number of hydrogen-bond donors (Lipinski definition) is 4. The van der Waals surface area contributed by atoms with Crippen LogP contribution in [0.4, 0.5) is 0 Å². The molecule has 1 saturated heterocycles. The number of aryl methyl sites for hydroxylation is 2. The molecule has 4 N–H and O–H groups in total. The van der Waals surface area contributed by atoms with E-state index < -0.39 is 29.0 Å². The molecular formula is C22H28O5S. The van der Waals surface area contributed by atoms with Gasteiger partial charge in [-0.2, -0.15) is 0 Å². The molecule has 1 aliphatic rings. The number of aliphatic hydroxyl groups excluding tert-OH is 4. The lowest BCUT2D eigenvalue weighted by Gasteiger charge is -2.39. The Morgan fingerprint density at radius 2 is 1.61 bits per heavy atom. The van der Waals surface area contributed by atoms with Gasteiger partial charge in [-0.15, -0.1) is 11.8 Å². The Labute approximate surface area is 170 Å². The fraction of sp³-hybridized carbons (Fsp3) is 0.455. The average molecular weight is 405 g/mol. The molecule has 0 unspecified atom stereocenters. The van der Waals surface area contributed by atoms with Gasteiger partial charge < -0.3 is 25.2 Å². The third kappa shape index (κ3) is 4.70. The van der Waals surface area contributed by atoms with Gasteiger partial charge in [-0.3, -0.25) is 0 Å². The zero-order chi connectivity index (χ0) is 20.3. The molecule has 1 fully saturated rings. The van der Waals surface area contributed by atoms with Crippen LogP contribution >= 0.6 is 11.8 Å². The molecule has 152 valence electrons. The number of thioether (sulfide) groups is 1. The maximum atomic E-state index is 10.3. The van der Waals surface area contributed by atoms with E-state index in [1.807, 2.05) is 19.1 Å². The summed E-state index contributed by atoms with van der Waals surface area (Å²) in [5.41, 5.74) is 3.76. The van der Waals surface area contributed by atoms with E-state index in [4.69, 9.17) is 4.74 Å². The Morgan fingerprint density at radius 3 is 2.25 bits per heavy atom. The van der Waals surface area contributed by atoms with Crippen molar-refractivity contribution in [2.45, 2.75) is 55.7 Å². The quantitative estimate of drug-likeness (QED) is 0.589. The molecule has 0 amide bonds.